The number of nitrogens with one attached hydrogen (secondary N) is 2. The quantitative estimate of drug-likeness (QED) is 0.377. The Bertz CT molecular complexity index is 1380. The summed E-state index contributed by atoms with van der Waals surface area (Å²) >= 11 is 1.12. The number of aryl methyl sites for hydroxylation is 1. The normalized spacial score (nSPS) is 11.1. The zero-order valence-electron chi connectivity index (χ0n) is 18.8. The standard InChI is InChI=1S/C16H10F3N5O3S.C4H10N2O/c1-24-12-10(4-7(6-20-12)13(25)26)21-14(24)23-15-22-9-3-2-8(5-11(9)28-15)27-16(17,18)19;1-5-4(7)6(2)3/h2-6H,1H3,(H,25,26)(H,21,22,23);1-3H3,(H,5,7). The number of amides is 2. The number of aromatic carboxylic acids is 1. The van der Waals surface area contributed by atoms with Gasteiger partial charge >= 0.3 is 18.4 Å². The Balaban J connectivity index is 0.000000429. The van der Waals surface area contributed by atoms with Crippen molar-refractivity contribution in [2.75, 3.05) is 26.5 Å². The lowest BCUT2D eigenvalue weighted by Crippen LogP contribution is -2.31. The first-order valence-electron chi connectivity index (χ1n) is 9.76. The van der Waals surface area contributed by atoms with E-state index in [4.69, 9.17) is 5.11 Å². The molecule has 0 unspecified atom stereocenters. The second-order valence-corrected chi connectivity index (χ2v) is 8.17. The molecule has 0 radical (unpaired) electrons. The summed E-state index contributed by atoms with van der Waals surface area (Å²) in [6, 6.07) is 5.19. The maximum absolute atomic E-state index is 12.4. The number of halogens is 3. The minimum atomic E-state index is -4.77. The lowest BCUT2D eigenvalue weighted by Gasteiger charge is -2.07. The first-order chi connectivity index (χ1) is 16.4. The third kappa shape index (κ3) is 6.26. The van der Waals surface area contributed by atoms with Crippen molar-refractivity contribution in [1.82, 2.24) is 29.7 Å². The van der Waals surface area contributed by atoms with E-state index >= 15 is 0 Å². The number of carboxylic acids is 1. The Morgan fingerprint density at radius 1 is 1.17 bits per heavy atom. The summed E-state index contributed by atoms with van der Waals surface area (Å²) in [7, 11) is 6.67. The summed E-state index contributed by atoms with van der Waals surface area (Å²) in [5.74, 6) is -1.09. The Morgan fingerprint density at radius 2 is 1.89 bits per heavy atom. The molecule has 0 aliphatic rings. The molecule has 2 amide bonds. The summed E-state index contributed by atoms with van der Waals surface area (Å²) < 4.78 is 43.1. The Labute approximate surface area is 200 Å². The number of nitrogens with zero attached hydrogens (tertiary/aromatic N) is 5. The van der Waals surface area contributed by atoms with Gasteiger partial charge in [0.15, 0.2) is 10.8 Å². The van der Waals surface area contributed by atoms with E-state index in [2.05, 4.69) is 30.3 Å². The monoisotopic (exact) mass is 511 g/mol. The van der Waals surface area contributed by atoms with Crippen molar-refractivity contribution in [3.05, 3.63) is 36.0 Å². The molecule has 3 N–H and O–H groups in total. The molecular weight excluding hydrogens is 491 g/mol. The topological polar surface area (TPSA) is 134 Å². The highest BCUT2D eigenvalue weighted by Crippen LogP contribution is 2.33. The summed E-state index contributed by atoms with van der Waals surface area (Å²) in [5, 5.41) is 14.9. The molecule has 3 heterocycles. The number of imidazole rings is 1. The smallest absolute Gasteiger partial charge is 0.478 e. The second kappa shape index (κ2) is 10.0. The van der Waals surface area contributed by atoms with E-state index in [0.29, 0.717) is 32.5 Å². The zero-order chi connectivity index (χ0) is 25.9. The molecule has 0 spiro atoms. The van der Waals surface area contributed by atoms with E-state index in [-0.39, 0.29) is 17.3 Å². The predicted molar refractivity (Wildman–Crippen MR) is 123 cm³/mol. The van der Waals surface area contributed by atoms with Crippen LogP contribution in [0.15, 0.2) is 30.5 Å². The van der Waals surface area contributed by atoms with Gasteiger partial charge in [-0.2, -0.15) is 0 Å². The summed E-state index contributed by atoms with van der Waals surface area (Å²) in [6.07, 6.45) is -3.54. The summed E-state index contributed by atoms with van der Waals surface area (Å²) in [6.45, 7) is 0. The second-order valence-electron chi connectivity index (χ2n) is 7.14. The van der Waals surface area contributed by atoms with Gasteiger partial charge in [-0.05, 0) is 18.2 Å². The van der Waals surface area contributed by atoms with E-state index in [0.717, 1.165) is 11.3 Å². The van der Waals surface area contributed by atoms with E-state index < -0.39 is 12.3 Å². The van der Waals surface area contributed by atoms with Gasteiger partial charge in [-0.15, -0.1) is 13.2 Å². The van der Waals surface area contributed by atoms with Gasteiger partial charge in [0, 0.05) is 40.5 Å². The van der Waals surface area contributed by atoms with Crippen LogP contribution in [0.5, 0.6) is 5.75 Å². The van der Waals surface area contributed by atoms with Crippen LogP contribution in [-0.4, -0.2) is 69.0 Å². The number of ether oxygens (including phenoxy) is 1. The molecule has 0 saturated carbocycles. The number of aromatic nitrogens is 4. The first kappa shape index (κ1) is 25.5. The lowest BCUT2D eigenvalue weighted by molar-refractivity contribution is -0.274. The van der Waals surface area contributed by atoms with Crippen LogP contribution in [-0.2, 0) is 7.05 Å². The van der Waals surface area contributed by atoms with Crippen LogP contribution >= 0.6 is 11.3 Å². The van der Waals surface area contributed by atoms with Gasteiger partial charge in [-0.1, -0.05) is 11.3 Å². The Hall–Kier alpha value is -4.14. The number of fused-ring (bicyclic) bond motifs is 2. The number of carboxylic acid groups (broad SMARTS) is 1. The van der Waals surface area contributed by atoms with E-state index in [1.54, 1.807) is 32.8 Å². The fourth-order valence-electron chi connectivity index (χ4n) is 2.78. The van der Waals surface area contributed by atoms with E-state index in [1.165, 1.54) is 35.4 Å². The summed E-state index contributed by atoms with van der Waals surface area (Å²) in [5.41, 5.74) is 1.35. The maximum atomic E-state index is 12.4. The van der Waals surface area contributed by atoms with E-state index in [9.17, 15) is 22.8 Å². The fraction of sp³-hybridized carbons (Fsp3) is 0.250. The molecule has 0 atom stereocenters. The number of hydrogen-bond acceptors (Lipinski definition) is 8. The van der Waals surface area contributed by atoms with Gasteiger partial charge in [0.2, 0.25) is 5.95 Å². The fourth-order valence-corrected chi connectivity index (χ4v) is 3.67. The maximum Gasteiger partial charge on any atom is 0.573 e. The Kier molecular flexibility index (Phi) is 7.28. The van der Waals surface area contributed by atoms with Gasteiger partial charge in [0.1, 0.15) is 11.3 Å². The molecule has 0 bridgehead atoms. The number of benzene rings is 1. The van der Waals surface area contributed by atoms with Crippen LogP contribution in [0.3, 0.4) is 0 Å². The van der Waals surface area contributed by atoms with Crippen LogP contribution in [0.2, 0.25) is 0 Å². The van der Waals surface area contributed by atoms with Crippen LogP contribution < -0.4 is 15.4 Å². The largest absolute Gasteiger partial charge is 0.573 e. The third-order valence-corrected chi connectivity index (χ3v) is 5.32. The van der Waals surface area contributed by atoms with Crippen LogP contribution in [0, 0.1) is 0 Å². The van der Waals surface area contributed by atoms with Crippen molar-refractivity contribution in [1.29, 1.82) is 0 Å². The molecule has 4 rings (SSSR count). The molecule has 0 aliphatic carbocycles. The minimum Gasteiger partial charge on any atom is -0.478 e. The van der Waals surface area contributed by atoms with Crippen molar-refractivity contribution in [2.45, 2.75) is 6.36 Å². The van der Waals surface area contributed by atoms with Crippen LogP contribution in [0.1, 0.15) is 10.4 Å². The SMILES string of the molecule is CNC(=O)N(C)C.Cn1c(Nc2nc3ccc(OC(F)(F)F)cc3s2)nc2cc(C(=O)O)cnc21. The number of thiazole rings is 1. The molecule has 35 heavy (non-hydrogen) atoms. The summed E-state index contributed by atoms with van der Waals surface area (Å²) in [4.78, 5) is 35.6. The van der Waals surface area contributed by atoms with Gasteiger partial charge in [-0.25, -0.2) is 24.5 Å². The number of anilines is 2. The van der Waals surface area contributed by atoms with Crippen LogP contribution in [0.25, 0.3) is 21.4 Å². The van der Waals surface area contributed by atoms with E-state index in [1.807, 2.05) is 0 Å². The molecule has 11 nitrogen and oxygen atoms in total. The number of carbonyl (C=O) groups is 2. The van der Waals surface area contributed by atoms with Gasteiger partial charge in [0.05, 0.1) is 15.8 Å². The number of carbonyl (C=O) groups excluding carboxylic acids is 1. The lowest BCUT2D eigenvalue weighted by atomic mass is 10.3. The predicted octanol–water partition coefficient (Wildman–Crippen LogP) is 3.81. The van der Waals surface area contributed by atoms with Crippen molar-refractivity contribution < 1.29 is 32.6 Å². The highest BCUT2D eigenvalue weighted by molar-refractivity contribution is 7.22. The van der Waals surface area contributed by atoms with Crippen molar-refractivity contribution in [3.8, 4) is 5.75 Å². The molecule has 3 aromatic heterocycles. The van der Waals surface area contributed by atoms with Gasteiger partial charge < -0.3 is 25.4 Å². The molecular formula is C20H20F3N7O4S. The molecule has 0 aliphatic heterocycles. The minimum absolute atomic E-state index is 0.00864. The average Bonchev–Trinajstić information content (AvgIpc) is 3.31. The van der Waals surface area contributed by atoms with Crippen molar-refractivity contribution in [3.63, 3.8) is 0 Å². The molecule has 0 saturated heterocycles. The van der Waals surface area contributed by atoms with Gasteiger partial charge in [-0.3, -0.25) is 4.57 Å². The highest BCUT2D eigenvalue weighted by atomic mass is 32.1. The zero-order valence-corrected chi connectivity index (χ0v) is 19.7. The van der Waals surface area contributed by atoms with Crippen molar-refractivity contribution >= 4 is 55.8 Å². The number of alkyl halides is 3. The molecule has 15 heteroatoms. The number of hydrogen-bond donors (Lipinski definition) is 3. The van der Waals surface area contributed by atoms with Crippen LogP contribution in [0.4, 0.5) is 29.0 Å². The number of urea groups is 1. The van der Waals surface area contributed by atoms with Gasteiger partial charge in [0.25, 0.3) is 0 Å². The molecule has 1 aromatic carbocycles. The first-order valence-corrected chi connectivity index (χ1v) is 10.6. The number of pyridine rings is 1. The Morgan fingerprint density at radius 3 is 2.46 bits per heavy atom. The highest BCUT2D eigenvalue weighted by Gasteiger charge is 2.31. The molecule has 186 valence electrons. The molecule has 4 aromatic rings. The number of rotatable bonds is 4. The average molecular weight is 511 g/mol. The van der Waals surface area contributed by atoms with Crippen molar-refractivity contribution in [2.24, 2.45) is 7.05 Å². The third-order valence-electron chi connectivity index (χ3n) is 4.39. The molecule has 0 fully saturated rings.